The molecule has 0 saturated carbocycles. The van der Waals surface area contributed by atoms with Crippen molar-refractivity contribution in [3.8, 4) is 0 Å². The van der Waals surface area contributed by atoms with Gasteiger partial charge in [-0.15, -0.1) is 0 Å². The number of para-hydroxylation sites is 1. The van der Waals surface area contributed by atoms with Crippen molar-refractivity contribution >= 4 is 29.4 Å². The number of rotatable bonds is 4. The summed E-state index contributed by atoms with van der Waals surface area (Å²) in [5.41, 5.74) is 0.617. The van der Waals surface area contributed by atoms with E-state index in [-0.39, 0.29) is 30.7 Å². The summed E-state index contributed by atoms with van der Waals surface area (Å²) in [6, 6.07) is 11.6. The van der Waals surface area contributed by atoms with Crippen LogP contribution >= 0.6 is 0 Å². The van der Waals surface area contributed by atoms with Crippen molar-refractivity contribution in [2.24, 2.45) is 0 Å². The fourth-order valence-electron chi connectivity index (χ4n) is 3.46. The normalized spacial score (nSPS) is 17.2. The van der Waals surface area contributed by atoms with E-state index in [4.69, 9.17) is 4.42 Å². The van der Waals surface area contributed by atoms with Gasteiger partial charge in [-0.05, 0) is 24.3 Å². The van der Waals surface area contributed by atoms with Crippen LogP contribution in [0.1, 0.15) is 10.6 Å². The van der Waals surface area contributed by atoms with Crippen LogP contribution in [0, 0.1) is 0 Å². The fourth-order valence-corrected chi connectivity index (χ4v) is 3.46. The van der Waals surface area contributed by atoms with Crippen molar-refractivity contribution in [2.45, 2.75) is 0 Å². The lowest BCUT2D eigenvalue weighted by molar-refractivity contribution is -0.137. The Hall–Kier alpha value is -3.62. The van der Waals surface area contributed by atoms with E-state index < -0.39 is 11.9 Å². The van der Waals surface area contributed by atoms with Crippen LogP contribution in [0.2, 0.25) is 0 Å². The molecule has 9 heteroatoms. The van der Waals surface area contributed by atoms with Gasteiger partial charge in [0.2, 0.25) is 5.91 Å². The third-order valence-electron chi connectivity index (χ3n) is 5.07. The molecule has 2 aromatic rings. The minimum Gasteiger partial charge on any atom is -0.459 e. The number of carbonyl (C=O) groups is 4. The van der Waals surface area contributed by atoms with Crippen molar-refractivity contribution in [2.75, 3.05) is 44.2 Å². The van der Waals surface area contributed by atoms with Crippen LogP contribution < -0.4 is 4.90 Å². The molecule has 2 saturated heterocycles. The summed E-state index contributed by atoms with van der Waals surface area (Å²) in [6.07, 6.45) is 1.44. The lowest BCUT2D eigenvalue weighted by Crippen LogP contribution is -2.53. The van der Waals surface area contributed by atoms with Crippen LogP contribution in [0.15, 0.2) is 53.1 Å². The van der Waals surface area contributed by atoms with Crippen molar-refractivity contribution in [3.05, 3.63) is 54.5 Å². The molecule has 29 heavy (non-hydrogen) atoms. The van der Waals surface area contributed by atoms with Gasteiger partial charge in [-0.3, -0.25) is 24.2 Å². The van der Waals surface area contributed by atoms with Crippen molar-refractivity contribution in [1.82, 2.24) is 14.7 Å². The van der Waals surface area contributed by atoms with Gasteiger partial charge >= 0.3 is 6.03 Å². The molecule has 2 fully saturated rings. The molecule has 0 bridgehead atoms. The number of piperazine rings is 1. The number of carbonyl (C=O) groups excluding carboxylic acids is 4. The molecule has 0 spiro atoms. The molecule has 0 radical (unpaired) electrons. The average molecular weight is 396 g/mol. The number of benzene rings is 1. The largest absolute Gasteiger partial charge is 0.459 e. The molecular formula is C20H20N4O5. The SMILES string of the molecule is O=C(CN1C(=O)CN(c2ccccc2)C1=O)N1CCN(C(=O)c2ccco2)CC1. The maximum atomic E-state index is 12.6. The summed E-state index contributed by atoms with van der Waals surface area (Å²) in [7, 11) is 0. The highest BCUT2D eigenvalue weighted by molar-refractivity contribution is 6.13. The number of amides is 5. The van der Waals surface area contributed by atoms with Crippen LogP contribution in [0.3, 0.4) is 0 Å². The summed E-state index contributed by atoms with van der Waals surface area (Å²) in [4.78, 5) is 55.3. The summed E-state index contributed by atoms with van der Waals surface area (Å²) in [5.74, 6) is -0.671. The molecule has 2 aliphatic heterocycles. The monoisotopic (exact) mass is 396 g/mol. The first kappa shape index (κ1) is 18.7. The van der Waals surface area contributed by atoms with Crippen molar-refractivity contribution in [3.63, 3.8) is 0 Å². The quantitative estimate of drug-likeness (QED) is 0.720. The van der Waals surface area contributed by atoms with E-state index in [1.807, 2.05) is 6.07 Å². The van der Waals surface area contributed by atoms with Gasteiger partial charge in [-0.25, -0.2) is 4.79 Å². The Bertz CT molecular complexity index is 920. The summed E-state index contributed by atoms with van der Waals surface area (Å²) in [6.45, 7) is 1.02. The molecule has 0 N–H and O–H groups in total. The van der Waals surface area contributed by atoms with Gasteiger partial charge < -0.3 is 14.2 Å². The Morgan fingerprint density at radius 1 is 0.897 bits per heavy atom. The van der Waals surface area contributed by atoms with Gasteiger partial charge in [0.15, 0.2) is 5.76 Å². The number of hydrogen-bond acceptors (Lipinski definition) is 5. The highest BCUT2D eigenvalue weighted by Crippen LogP contribution is 2.20. The van der Waals surface area contributed by atoms with Gasteiger partial charge in [0.05, 0.1) is 6.26 Å². The second-order valence-corrected chi connectivity index (χ2v) is 6.83. The van der Waals surface area contributed by atoms with E-state index in [1.54, 1.807) is 46.2 Å². The average Bonchev–Trinajstić information content (AvgIpc) is 3.38. The van der Waals surface area contributed by atoms with Crippen LogP contribution in [-0.2, 0) is 9.59 Å². The summed E-state index contributed by atoms with van der Waals surface area (Å²) in [5, 5.41) is 0. The van der Waals surface area contributed by atoms with E-state index in [1.165, 1.54) is 11.2 Å². The standard InChI is InChI=1S/C20H20N4O5/c25-17(21-8-10-22(11-9-21)19(27)16-7-4-12-29-16)13-24-18(26)14-23(20(24)28)15-5-2-1-3-6-15/h1-7,12H,8-11,13-14H2. The van der Waals surface area contributed by atoms with Crippen LogP contribution in [0.5, 0.6) is 0 Å². The topological polar surface area (TPSA) is 94.4 Å². The number of imide groups is 1. The Morgan fingerprint density at radius 3 is 2.24 bits per heavy atom. The first-order valence-electron chi connectivity index (χ1n) is 9.32. The molecule has 4 rings (SSSR count). The van der Waals surface area contributed by atoms with Crippen LogP contribution in [-0.4, -0.2) is 77.7 Å². The Labute approximate surface area is 167 Å². The second kappa shape index (κ2) is 7.78. The van der Waals surface area contributed by atoms with E-state index >= 15 is 0 Å². The summed E-state index contributed by atoms with van der Waals surface area (Å²) >= 11 is 0. The van der Waals surface area contributed by atoms with Crippen LogP contribution in [0.4, 0.5) is 10.5 Å². The molecule has 1 aromatic heterocycles. The Kier molecular flexibility index (Phi) is 5.03. The minimum atomic E-state index is -0.499. The van der Waals surface area contributed by atoms with Gasteiger partial charge in [0, 0.05) is 31.9 Å². The molecule has 1 aromatic carbocycles. The van der Waals surface area contributed by atoms with Gasteiger partial charge in [0.25, 0.3) is 11.8 Å². The number of nitrogens with zero attached hydrogens (tertiary/aromatic N) is 4. The molecule has 150 valence electrons. The smallest absolute Gasteiger partial charge is 0.332 e. The highest BCUT2D eigenvalue weighted by Gasteiger charge is 2.39. The van der Waals surface area contributed by atoms with Crippen molar-refractivity contribution in [1.29, 1.82) is 0 Å². The lowest BCUT2D eigenvalue weighted by Gasteiger charge is -2.34. The van der Waals surface area contributed by atoms with E-state index in [0.29, 0.717) is 31.9 Å². The minimum absolute atomic E-state index is 0.0818. The first-order chi connectivity index (χ1) is 14.0. The van der Waals surface area contributed by atoms with E-state index in [2.05, 4.69) is 0 Å². The third-order valence-corrected chi connectivity index (χ3v) is 5.07. The summed E-state index contributed by atoms with van der Waals surface area (Å²) < 4.78 is 5.12. The predicted molar refractivity (Wildman–Crippen MR) is 102 cm³/mol. The van der Waals surface area contributed by atoms with E-state index in [0.717, 1.165) is 4.90 Å². The van der Waals surface area contributed by atoms with Crippen molar-refractivity contribution < 1.29 is 23.6 Å². The molecule has 0 atom stereocenters. The fraction of sp³-hybridized carbons (Fsp3) is 0.300. The number of anilines is 1. The predicted octanol–water partition coefficient (Wildman–Crippen LogP) is 1.03. The zero-order valence-corrected chi connectivity index (χ0v) is 15.7. The first-order valence-corrected chi connectivity index (χ1v) is 9.32. The molecule has 2 aliphatic rings. The molecule has 0 aliphatic carbocycles. The van der Waals surface area contributed by atoms with Crippen LogP contribution in [0.25, 0.3) is 0 Å². The molecule has 9 nitrogen and oxygen atoms in total. The third kappa shape index (κ3) is 3.71. The number of urea groups is 1. The van der Waals surface area contributed by atoms with Gasteiger partial charge in [0.1, 0.15) is 13.1 Å². The molecule has 3 heterocycles. The highest BCUT2D eigenvalue weighted by atomic mass is 16.3. The molecule has 0 unspecified atom stereocenters. The Balaban J connectivity index is 1.33. The van der Waals surface area contributed by atoms with Gasteiger partial charge in [-0.1, -0.05) is 18.2 Å². The molecule has 5 amide bonds. The lowest BCUT2D eigenvalue weighted by atomic mass is 10.2. The number of hydrogen-bond donors (Lipinski definition) is 0. The van der Waals surface area contributed by atoms with E-state index in [9.17, 15) is 19.2 Å². The maximum absolute atomic E-state index is 12.6. The number of furan rings is 1. The zero-order chi connectivity index (χ0) is 20.4. The second-order valence-electron chi connectivity index (χ2n) is 6.83. The Morgan fingerprint density at radius 2 is 1.59 bits per heavy atom. The zero-order valence-electron chi connectivity index (χ0n) is 15.7. The maximum Gasteiger partial charge on any atom is 0.332 e. The van der Waals surface area contributed by atoms with Gasteiger partial charge in [-0.2, -0.15) is 0 Å². The molecular weight excluding hydrogens is 376 g/mol.